The number of ketones is 1. The standard InChI is InChI=1S/C10H12N2O3/c1-6(13)7-2-3-9(8(11)4-7)15-5-10(12)14/h2-4H,5,11H2,1H3,(H2,12,14). The minimum absolute atomic E-state index is 0.0804. The van der Waals surface area contributed by atoms with Gasteiger partial charge in [-0.1, -0.05) is 0 Å². The van der Waals surface area contributed by atoms with E-state index in [0.29, 0.717) is 17.0 Å². The molecule has 0 radical (unpaired) electrons. The quantitative estimate of drug-likeness (QED) is 0.550. The zero-order valence-electron chi connectivity index (χ0n) is 8.32. The van der Waals surface area contributed by atoms with Crippen molar-refractivity contribution in [1.29, 1.82) is 0 Å². The van der Waals surface area contributed by atoms with Crippen molar-refractivity contribution in [2.75, 3.05) is 12.3 Å². The van der Waals surface area contributed by atoms with Gasteiger partial charge in [-0.2, -0.15) is 0 Å². The van der Waals surface area contributed by atoms with Crippen LogP contribution in [-0.2, 0) is 4.79 Å². The summed E-state index contributed by atoms with van der Waals surface area (Å²) in [6, 6.07) is 4.61. The summed E-state index contributed by atoms with van der Waals surface area (Å²) in [5, 5.41) is 0. The van der Waals surface area contributed by atoms with Crippen molar-refractivity contribution in [2.24, 2.45) is 5.73 Å². The number of hydrogen-bond donors (Lipinski definition) is 2. The van der Waals surface area contributed by atoms with Crippen LogP contribution in [0.1, 0.15) is 17.3 Å². The van der Waals surface area contributed by atoms with Gasteiger partial charge in [-0.05, 0) is 25.1 Å². The summed E-state index contributed by atoms with van der Waals surface area (Å²) in [6.07, 6.45) is 0. The van der Waals surface area contributed by atoms with Crippen molar-refractivity contribution in [3.8, 4) is 5.75 Å². The molecule has 0 unspecified atom stereocenters. The molecule has 1 amide bonds. The molecule has 0 aliphatic rings. The zero-order valence-corrected chi connectivity index (χ0v) is 8.32. The van der Waals surface area contributed by atoms with Crippen LogP contribution in [-0.4, -0.2) is 18.3 Å². The number of benzene rings is 1. The molecule has 5 nitrogen and oxygen atoms in total. The summed E-state index contributed by atoms with van der Waals surface area (Å²) < 4.78 is 5.02. The fourth-order valence-electron chi connectivity index (χ4n) is 1.05. The summed E-state index contributed by atoms with van der Waals surface area (Å²) in [6.45, 7) is 1.21. The van der Waals surface area contributed by atoms with E-state index in [1.165, 1.54) is 19.1 Å². The van der Waals surface area contributed by atoms with Crippen molar-refractivity contribution < 1.29 is 14.3 Å². The van der Waals surface area contributed by atoms with Gasteiger partial charge in [-0.3, -0.25) is 9.59 Å². The number of anilines is 1. The molecule has 0 fully saturated rings. The van der Waals surface area contributed by atoms with E-state index in [1.807, 2.05) is 0 Å². The Balaban J connectivity index is 2.83. The molecular formula is C10H12N2O3. The first-order valence-corrected chi connectivity index (χ1v) is 4.32. The summed E-state index contributed by atoms with van der Waals surface area (Å²) in [5.41, 5.74) is 11.3. The van der Waals surface area contributed by atoms with Crippen LogP contribution in [0.4, 0.5) is 5.69 Å². The average molecular weight is 208 g/mol. The van der Waals surface area contributed by atoms with Crippen molar-refractivity contribution in [1.82, 2.24) is 0 Å². The van der Waals surface area contributed by atoms with E-state index in [-0.39, 0.29) is 12.4 Å². The van der Waals surface area contributed by atoms with Gasteiger partial charge in [0.05, 0.1) is 5.69 Å². The highest BCUT2D eigenvalue weighted by Crippen LogP contribution is 2.22. The lowest BCUT2D eigenvalue weighted by Crippen LogP contribution is -2.20. The number of ether oxygens (including phenoxy) is 1. The smallest absolute Gasteiger partial charge is 0.255 e. The lowest BCUT2D eigenvalue weighted by Gasteiger charge is -2.07. The van der Waals surface area contributed by atoms with E-state index < -0.39 is 5.91 Å². The Morgan fingerprint density at radius 1 is 1.40 bits per heavy atom. The highest BCUT2D eigenvalue weighted by Gasteiger charge is 2.05. The molecule has 5 heteroatoms. The second-order valence-corrected chi connectivity index (χ2v) is 3.06. The van der Waals surface area contributed by atoms with E-state index in [9.17, 15) is 9.59 Å². The molecule has 0 saturated carbocycles. The van der Waals surface area contributed by atoms with E-state index in [4.69, 9.17) is 16.2 Å². The first-order valence-electron chi connectivity index (χ1n) is 4.32. The molecule has 0 saturated heterocycles. The van der Waals surface area contributed by atoms with Gasteiger partial charge < -0.3 is 16.2 Å². The van der Waals surface area contributed by atoms with Gasteiger partial charge in [0.1, 0.15) is 5.75 Å². The van der Waals surface area contributed by atoms with Gasteiger partial charge in [-0.25, -0.2) is 0 Å². The molecule has 0 aliphatic heterocycles. The second-order valence-electron chi connectivity index (χ2n) is 3.06. The van der Waals surface area contributed by atoms with Crippen molar-refractivity contribution in [2.45, 2.75) is 6.92 Å². The Labute approximate surface area is 87.0 Å². The van der Waals surface area contributed by atoms with Gasteiger partial charge in [-0.15, -0.1) is 0 Å². The average Bonchev–Trinajstić information content (AvgIpc) is 2.15. The number of amides is 1. The summed E-state index contributed by atoms with van der Waals surface area (Å²) in [5.74, 6) is -0.313. The number of primary amides is 1. The third-order valence-corrected chi connectivity index (χ3v) is 1.79. The first kappa shape index (κ1) is 11.0. The molecule has 0 aliphatic carbocycles. The van der Waals surface area contributed by atoms with E-state index >= 15 is 0 Å². The predicted octanol–water partition coefficient (Wildman–Crippen LogP) is 0.336. The molecule has 1 rings (SSSR count). The highest BCUT2D eigenvalue weighted by atomic mass is 16.5. The minimum Gasteiger partial charge on any atom is -0.482 e. The van der Waals surface area contributed by atoms with Crippen molar-refractivity contribution >= 4 is 17.4 Å². The number of carbonyl (C=O) groups excluding carboxylic acids is 2. The Morgan fingerprint density at radius 3 is 2.53 bits per heavy atom. The van der Waals surface area contributed by atoms with Gasteiger partial charge >= 0.3 is 0 Å². The third kappa shape index (κ3) is 2.98. The number of Topliss-reactive ketones (excluding diaryl/α,β-unsaturated/α-hetero) is 1. The molecule has 80 valence electrons. The van der Waals surface area contributed by atoms with Crippen LogP contribution in [0.5, 0.6) is 5.75 Å². The summed E-state index contributed by atoms with van der Waals surface area (Å²) in [4.78, 5) is 21.5. The lowest BCUT2D eigenvalue weighted by atomic mass is 10.1. The van der Waals surface area contributed by atoms with Crippen LogP contribution in [0.2, 0.25) is 0 Å². The molecule has 0 atom stereocenters. The predicted molar refractivity (Wildman–Crippen MR) is 55.5 cm³/mol. The van der Waals surface area contributed by atoms with Crippen LogP contribution in [0.25, 0.3) is 0 Å². The van der Waals surface area contributed by atoms with Gasteiger partial charge in [0.2, 0.25) is 0 Å². The maximum Gasteiger partial charge on any atom is 0.255 e. The monoisotopic (exact) mass is 208 g/mol. The number of nitrogen functional groups attached to an aromatic ring is 1. The molecule has 0 aromatic heterocycles. The molecule has 0 heterocycles. The Hall–Kier alpha value is -2.04. The second kappa shape index (κ2) is 4.45. The lowest BCUT2D eigenvalue weighted by molar-refractivity contribution is -0.119. The zero-order chi connectivity index (χ0) is 11.4. The minimum atomic E-state index is -0.579. The van der Waals surface area contributed by atoms with Crippen LogP contribution < -0.4 is 16.2 Å². The Morgan fingerprint density at radius 2 is 2.07 bits per heavy atom. The fraction of sp³-hybridized carbons (Fsp3) is 0.200. The number of rotatable bonds is 4. The summed E-state index contributed by atoms with van der Waals surface area (Å²) >= 11 is 0. The maximum atomic E-state index is 11.0. The molecule has 0 spiro atoms. The highest BCUT2D eigenvalue weighted by molar-refractivity contribution is 5.95. The molecule has 1 aromatic carbocycles. The van der Waals surface area contributed by atoms with Crippen LogP contribution in [0.15, 0.2) is 18.2 Å². The van der Waals surface area contributed by atoms with Crippen molar-refractivity contribution in [3.63, 3.8) is 0 Å². The van der Waals surface area contributed by atoms with Gasteiger partial charge in [0.15, 0.2) is 12.4 Å². The topological polar surface area (TPSA) is 95.4 Å². The van der Waals surface area contributed by atoms with E-state index in [0.717, 1.165) is 0 Å². The largest absolute Gasteiger partial charge is 0.482 e. The van der Waals surface area contributed by atoms with Crippen molar-refractivity contribution in [3.05, 3.63) is 23.8 Å². The third-order valence-electron chi connectivity index (χ3n) is 1.79. The molecule has 0 bridgehead atoms. The van der Waals surface area contributed by atoms with E-state index in [2.05, 4.69) is 0 Å². The normalized spacial score (nSPS) is 9.67. The first-order chi connectivity index (χ1) is 7.00. The number of hydrogen-bond acceptors (Lipinski definition) is 4. The Kier molecular flexibility index (Phi) is 3.28. The summed E-state index contributed by atoms with van der Waals surface area (Å²) in [7, 11) is 0. The van der Waals surface area contributed by atoms with Crippen LogP contribution in [0, 0.1) is 0 Å². The number of nitrogens with two attached hydrogens (primary N) is 2. The Bertz CT molecular complexity index is 402. The molecule has 4 N–H and O–H groups in total. The SMILES string of the molecule is CC(=O)c1ccc(OCC(N)=O)c(N)c1. The molecule has 15 heavy (non-hydrogen) atoms. The van der Waals surface area contributed by atoms with E-state index in [1.54, 1.807) is 6.07 Å². The number of carbonyl (C=O) groups is 2. The van der Waals surface area contributed by atoms with Gasteiger partial charge in [0.25, 0.3) is 5.91 Å². The fourth-order valence-corrected chi connectivity index (χ4v) is 1.05. The van der Waals surface area contributed by atoms with Crippen LogP contribution in [0.3, 0.4) is 0 Å². The van der Waals surface area contributed by atoms with Crippen LogP contribution >= 0.6 is 0 Å². The van der Waals surface area contributed by atoms with Gasteiger partial charge in [0, 0.05) is 5.56 Å². The molecular weight excluding hydrogens is 196 g/mol. The molecule has 1 aromatic rings. The maximum absolute atomic E-state index is 11.0.